The predicted molar refractivity (Wildman–Crippen MR) is 124 cm³/mol. The van der Waals surface area contributed by atoms with Gasteiger partial charge >= 0.3 is 0 Å². The van der Waals surface area contributed by atoms with Gasteiger partial charge in [0.25, 0.3) is 6.43 Å². The van der Waals surface area contributed by atoms with Crippen LogP contribution in [-0.4, -0.2) is 55.3 Å². The summed E-state index contributed by atoms with van der Waals surface area (Å²) in [5.74, 6) is 1.40. The quantitative estimate of drug-likeness (QED) is 0.515. The first-order valence-corrected chi connectivity index (χ1v) is 10.9. The van der Waals surface area contributed by atoms with Gasteiger partial charge in [-0.1, -0.05) is 24.3 Å². The van der Waals surface area contributed by atoms with Gasteiger partial charge in [0.2, 0.25) is 5.95 Å². The minimum absolute atomic E-state index is 0.285. The molecule has 2 heterocycles. The van der Waals surface area contributed by atoms with Crippen LogP contribution in [0.25, 0.3) is 11.3 Å². The Bertz CT molecular complexity index is 1100. The highest BCUT2D eigenvalue weighted by atomic mass is 19.3. The van der Waals surface area contributed by atoms with E-state index >= 15 is 0 Å². The molecule has 0 radical (unpaired) electrons. The number of ether oxygens (including phenoxy) is 2. The number of hydrogen-bond acceptors (Lipinski definition) is 6. The van der Waals surface area contributed by atoms with Crippen LogP contribution in [0.5, 0.6) is 11.5 Å². The number of alkyl halides is 2. The van der Waals surface area contributed by atoms with Crippen molar-refractivity contribution in [2.45, 2.75) is 19.9 Å². The Kier molecular flexibility index (Phi) is 7.03. The summed E-state index contributed by atoms with van der Waals surface area (Å²) < 4.78 is 37.9. The number of aromatic nitrogens is 2. The van der Waals surface area contributed by atoms with Crippen molar-refractivity contribution in [2.24, 2.45) is 0 Å². The van der Waals surface area contributed by atoms with E-state index in [4.69, 9.17) is 9.47 Å². The second-order valence-corrected chi connectivity index (χ2v) is 8.04. The van der Waals surface area contributed by atoms with Gasteiger partial charge in [-0.05, 0) is 42.3 Å². The molecular formula is C25H28F2N4O2. The number of nitrogens with zero attached hydrogens (tertiary/aromatic N) is 4. The summed E-state index contributed by atoms with van der Waals surface area (Å²) in [6.45, 7) is 5.94. The molecule has 1 aromatic heterocycles. The van der Waals surface area contributed by atoms with Crippen molar-refractivity contribution in [2.75, 3.05) is 45.3 Å². The zero-order valence-corrected chi connectivity index (χ0v) is 19.1. The van der Waals surface area contributed by atoms with Gasteiger partial charge in [-0.3, -0.25) is 4.90 Å². The maximum absolute atomic E-state index is 13.7. The van der Waals surface area contributed by atoms with Crippen LogP contribution in [-0.2, 0) is 6.54 Å². The van der Waals surface area contributed by atoms with Crippen molar-refractivity contribution in [3.05, 3.63) is 65.4 Å². The van der Waals surface area contributed by atoms with E-state index < -0.39 is 6.43 Å². The van der Waals surface area contributed by atoms with Crippen molar-refractivity contribution in [1.29, 1.82) is 0 Å². The number of rotatable bonds is 7. The number of halogens is 2. The molecule has 1 fully saturated rings. The van der Waals surface area contributed by atoms with Crippen LogP contribution in [0, 0.1) is 6.92 Å². The van der Waals surface area contributed by atoms with Gasteiger partial charge in [-0.2, -0.15) is 0 Å². The summed E-state index contributed by atoms with van der Waals surface area (Å²) >= 11 is 0. The lowest BCUT2D eigenvalue weighted by atomic mass is 10.1. The van der Waals surface area contributed by atoms with E-state index in [1.54, 1.807) is 25.3 Å². The Morgan fingerprint density at radius 2 is 1.64 bits per heavy atom. The molecule has 4 rings (SSSR count). The van der Waals surface area contributed by atoms with E-state index in [1.807, 2.05) is 11.0 Å². The molecule has 0 saturated carbocycles. The summed E-state index contributed by atoms with van der Waals surface area (Å²) in [6, 6.07) is 14.9. The topological polar surface area (TPSA) is 50.7 Å². The van der Waals surface area contributed by atoms with E-state index in [-0.39, 0.29) is 5.69 Å². The number of piperazine rings is 1. The van der Waals surface area contributed by atoms with Crippen molar-refractivity contribution in [3.8, 4) is 22.8 Å². The number of anilines is 1. The zero-order valence-electron chi connectivity index (χ0n) is 19.1. The van der Waals surface area contributed by atoms with Gasteiger partial charge < -0.3 is 14.4 Å². The lowest BCUT2D eigenvalue weighted by molar-refractivity contribution is 0.146. The van der Waals surface area contributed by atoms with Crippen molar-refractivity contribution in [1.82, 2.24) is 14.9 Å². The van der Waals surface area contributed by atoms with E-state index in [1.165, 1.54) is 24.3 Å². The molecule has 0 atom stereocenters. The molecule has 0 N–H and O–H groups in total. The minimum Gasteiger partial charge on any atom is -0.493 e. The SMILES string of the molecule is COc1ccc(-c2cc(C(F)F)nc(N3CCN(Cc4ccccc4C)CC3)n2)cc1OC. The molecule has 0 bridgehead atoms. The third-order valence-corrected chi connectivity index (χ3v) is 5.95. The lowest BCUT2D eigenvalue weighted by Gasteiger charge is -2.35. The largest absolute Gasteiger partial charge is 0.493 e. The second kappa shape index (κ2) is 10.1. The van der Waals surface area contributed by atoms with Gasteiger partial charge in [-0.25, -0.2) is 18.7 Å². The first-order chi connectivity index (χ1) is 16.0. The number of benzene rings is 2. The van der Waals surface area contributed by atoms with Gasteiger partial charge in [0.1, 0.15) is 5.69 Å². The fraction of sp³-hybridized carbons (Fsp3) is 0.360. The van der Waals surface area contributed by atoms with E-state index in [2.05, 4.69) is 40.0 Å². The normalized spacial score (nSPS) is 14.5. The third kappa shape index (κ3) is 5.22. The van der Waals surface area contributed by atoms with Crippen molar-refractivity contribution < 1.29 is 18.3 Å². The Balaban J connectivity index is 1.55. The van der Waals surface area contributed by atoms with E-state index in [9.17, 15) is 8.78 Å². The van der Waals surface area contributed by atoms with Gasteiger partial charge in [0, 0.05) is 38.3 Å². The van der Waals surface area contributed by atoms with E-state index in [0.717, 1.165) is 19.6 Å². The molecular weight excluding hydrogens is 426 g/mol. The Labute approximate surface area is 192 Å². The number of methoxy groups -OCH3 is 2. The van der Waals surface area contributed by atoms with Crippen molar-refractivity contribution >= 4 is 5.95 Å². The molecule has 0 unspecified atom stereocenters. The summed E-state index contributed by atoms with van der Waals surface area (Å²) in [5.41, 5.74) is 3.38. The molecule has 33 heavy (non-hydrogen) atoms. The lowest BCUT2D eigenvalue weighted by Crippen LogP contribution is -2.46. The summed E-state index contributed by atoms with van der Waals surface area (Å²) in [7, 11) is 3.09. The van der Waals surface area contributed by atoms with Crippen LogP contribution in [0.3, 0.4) is 0 Å². The molecule has 6 nitrogen and oxygen atoms in total. The Morgan fingerprint density at radius 3 is 2.30 bits per heavy atom. The number of aryl methyl sites for hydroxylation is 1. The molecule has 1 saturated heterocycles. The molecule has 0 amide bonds. The van der Waals surface area contributed by atoms with Crippen LogP contribution in [0.15, 0.2) is 48.5 Å². The fourth-order valence-electron chi connectivity index (χ4n) is 3.98. The highest BCUT2D eigenvalue weighted by Crippen LogP contribution is 2.33. The molecule has 1 aliphatic heterocycles. The first kappa shape index (κ1) is 22.9. The minimum atomic E-state index is -2.69. The average Bonchev–Trinajstić information content (AvgIpc) is 2.85. The predicted octanol–water partition coefficient (Wildman–Crippen LogP) is 4.73. The molecule has 3 aromatic rings. The standard InChI is InChI=1S/C25H28F2N4O2/c1-17-6-4-5-7-19(17)16-30-10-12-31(13-11-30)25-28-20(15-21(29-25)24(26)27)18-8-9-22(32-2)23(14-18)33-3/h4-9,14-15,24H,10-13,16H2,1-3H3. The third-order valence-electron chi connectivity index (χ3n) is 5.95. The monoisotopic (exact) mass is 454 g/mol. The summed E-state index contributed by atoms with van der Waals surface area (Å²) in [5, 5.41) is 0. The van der Waals surface area contributed by atoms with Gasteiger partial charge in [-0.15, -0.1) is 0 Å². The van der Waals surface area contributed by atoms with Crippen LogP contribution in [0.1, 0.15) is 23.2 Å². The molecule has 0 aliphatic carbocycles. The molecule has 1 aliphatic rings. The maximum atomic E-state index is 13.7. The van der Waals surface area contributed by atoms with Crippen molar-refractivity contribution in [3.63, 3.8) is 0 Å². The first-order valence-electron chi connectivity index (χ1n) is 10.9. The Hall–Kier alpha value is -3.26. The highest BCUT2D eigenvalue weighted by molar-refractivity contribution is 5.65. The second-order valence-electron chi connectivity index (χ2n) is 8.04. The van der Waals surface area contributed by atoms with Gasteiger partial charge in [0.15, 0.2) is 11.5 Å². The molecule has 0 spiro atoms. The summed E-state index contributed by atoms with van der Waals surface area (Å²) in [4.78, 5) is 13.1. The smallest absolute Gasteiger partial charge is 0.280 e. The molecule has 174 valence electrons. The van der Waals surface area contributed by atoms with Gasteiger partial charge in [0.05, 0.1) is 19.9 Å². The summed E-state index contributed by atoms with van der Waals surface area (Å²) in [6.07, 6.45) is -2.69. The van der Waals surface area contributed by atoms with Crippen LogP contribution >= 0.6 is 0 Å². The maximum Gasteiger partial charge on any atom is 0.280 e. The fourth-order valence-corrected chi connectivity index (χ4v) is 3.98. The zero-order chi connectivity index (χ0) is 23.4. The Morgan fingerprint density at radius 1 is 0.909 bits per heavy atom. The van der Waals surface area contributed by atoms with Crippen LogP contribution < -0.4 is 14.4 Å². The van der Waals surface area contributed by atoms with E-state index in [0.29, 0.717) is 41.8 Å². The van der Waals surface area contributed by atoms with Crippen LogP contribution in [0.2, 0.25) is 0 Å². The highest BCUT2D eigenvalue weighted by Gasteiger charge is 2.23. The number of hydrogen-bond donors (Lipinski definition) is 0. The average molecular weight is 455 g/mol. The molecule has 2 aromatic carbocycles. The molecule has 8 heteroatoms. The van der Waals surface area contributed by atoms with Crippen LogP contribution in [0.4, 0.5) is 14.7 Å².